The molecule has 1 unspecified atom stereocenters. The third kappa shape index (κ3) is 2.49. The van der Waals surface area contributed by atoms with Crippen molar-refractivity contribution in [3.05, 3.63) is 35.4 Å². The number of hydrogen-bond acceptors (Lipinski definition) is 3. The van der Waals surface area contributed by atoms with Gasteiger partial charge in [0.05, 0.1) is 5.69 Å². The average molecular weight is 263 g/mol. The molecule has 3 rings (SSSR count). The van der Waals surface area contributed by atoms with Crippen LogP contribution in [0.1, 0.15) is 6.42 Å². The molecule has 0 saturated carbocycles. The number of halogens is 1. The molecule has 3 N–H and O–H groups in total. The first-order valence-corrected chi connectivity index (χ1v) is 6.48. The van der Waals surface area contributed by atoms with Crippen molar-refractivity contribution >= 4 is 17.4 Å². The van der Waals surface area contributed by atoms with E-state index in [4.69, 9.17) is 11.6 Å². The van der Waals surface area contributed by atoms with Gasteiger partial charge in [0.1, 0.15) is 5.82 Å². The molecule has 2 heterocycles. The summed E-state index contributed by atoms with van der Waals surface area (Å²) in [4.78, 5) is 0. The molecule has 4 nitrogen and oxygen atoms in total. The van der Waals surface area contributed by atoms with Crippen LogP contribution in [0.5, 0.6) is 0 Å². The lowest BCUT2D eigenvalue weighted by Gasteiger charge is -2.08. The summed E-state index contributed by atoms with van der Waals surface area (Å²) in [6.07, 6.45) is 1.14. The van der Waals surface area contributed by atoms with Crippen molar-refractivity contribution in [1.82, 2.24) is 15.5 Å². The summed E-state index contributed by atoms with van der Waals surface area (Å²) in [6.45, 7) is 2.08. The standard InChI is InChI=1S/C13H15ClN4/c14-10-3-1-9(2-4-10)12-7-13(18-17-12)16-11-5-6-15-8-11/h1-4,7,11,15H,5-6,8H2,(H2,16,17,18). The zero-order valence-corrected chi connectivity index (χ0v) is 10.7. The lowest BCUT2D eigenvalue weighted by atomic mass is 10.1. The summed E-state index contributed by atoms with van der Waals surface area (Å²) in [5, 5.41) is 14.8. The second kappa shape index (κ2) is 5.00. The van der Waals surface area contributed by atoms with E-state index in [9.17, 15) is 0 Å². The molecule has 1 saturated heterocycles. The summed E-state index contributed by atoms with van der Waals surface area (Å²) >= 11 is 5.87. The third-order valence-corrected chi connectivity index (χ3v) is 3.40. The Morgan fingerprint density at radius 2 is 2.11 bits per heavy atom. The first-order chi connectivity index (χ1) is 8.81. The molecule has 1 atom stereocenters. The summed E-state index contributed by atoms with van der Waals surface area (Å²) < 4.78 is 0. The van der Waals surface area contributed by atoms with Crippen molar-refractivity contribution in [3.63, 3.8) is 0 Å². The number of aromatic amines is 1. The van der Waals surface area contributed by atoms with E-state index in [1.807, 2.05) is 30.3 Å². The van der Waals surface area contributed by atoms with E-state index in [-0.39, 0.29) is 0 Å². The zero-order valence-electron chi connectivity index (χ0n) is 9.91. The highest BCUT2D eigenvalue weighted by Crippen LogP contribution is 2.22. The second-order valence-electron chi connectivity index (χ2n) is 4.51. The van der Waals surface area contributed by atoms with Crippen LogP contribution in [0.3, 0.4) is 0 Å². The van der Waals surface area contributed by atoms with Crippen LogP contribution < -0.4 is 10.6 Å². The highest BCUT2D eigenvalue weighted by atomic mass is 35.5. The molecule has 0 radical (unpaired) electrons. The Morgan fingerprint density at radius 3 is 2.83 bits per heavy atom. The maximum absolute atomic E-state index is 5.87. The van der Waals surface area contributed by atoms with Gasteiger partial charge in [0.15, 0.2) is 0 Å². The topological polar surface area (TPSA) is 52.7 Å². The molecular weight excluding hydrogens is 248 g/mol. The lowest BCUT2D eigenvalue weighted by molar-refractivity contribution is 0.786. The predicted octanol–water partition coefficient (Wildman–Crippen LogP) is 2.50. The zero-order chi connectivity index (χ0) is 12.4. The van der Waals surface area contributed by atoms with Gasteiger partial charge in [-0.15, -0.1) is 0 Å². The number of rotatable bonds is 3. The highest BCUT2D eigenvalue weighted by molar-refractivity contribution is 6.30. The van der Waals surface area contributed by atoms with Gasteiger partial charge in [-0.3, -0.25) is 5.10 Å². The summed E-state index contributed by atoms with van der Waals surface area (Å²) in [6, 6.07) is 10.2. The maximum atomic E-state index is 5.87. The number of nitrogens with zero attached hydrogens (tertiary/aromatic N) is 1. The number of H-pyrrole nitrogens is 1. The molecule has 5 heteroatoms. The van der Waals surface area contributed by atoms with Crippen LogP contribution in [0.2, 0.25) is 5.02 Å². The van der Waals surface area contributed by atoms with Gasteiger partial charge < -0.3 is 10.6 Å². The molecule has 1 aromatic carbocycles. The van der Waals surface area contributed by atoms with E-state index in [0.29, 0.717) is 6.04 Å². The van der Waals surface area contributed by atoms with Crippen molar-refractivity contribution in [3.8, 4) is 11.3 Å². The van der Waals surface area contributed by atoms with Crippen LogP contribution in [0.4, 0.5) is 5.82 Å². The van der Waals surface area contributed by atoms with Crippen LogP contribution in [0.25, 0.3) is 11.3 Å². The van der Waals surface area contributed by atoms with Gasteiger partial charge in [-0.25, -0.2) is 0 Å². The molecule has 94 valence electrons. The lowest BCUT2D eigenvalue weighted by Crippen LogP contribution is -2.22. The normalized spacial score (nSPS) is 19.1. The molecule has 0 spiro atoms. The first-order valence-electron chi connectivity index (χ1n) is 6.10. The molecule has 1 aliphatic rings. The van der Waals surface area contributed by atoms with E-state index in [0.717, 1.165) is 41.6 Å². The first kappa shape index (κ1) is 11.6. The van der Waals surface area contributed by atoms with E-state index in [2.05, 4.69) is 20.8 Å². The molecule has 1 fully saturated rings. The molecule has 2 aromatic rings. The van der Waals surface area contributed by atoms with Gasteiger partial charge in [-0.1, -0.05) is 23.7 Å². The average Bonchev–Trinajstić information content (AvgIpc) is 3.02. The van der Waals surface area contributed by atoms with Crippen molar-refractivity contribution in [2.75, 3.05) is 18.4 Å². The molecule has 0 bridgehead atoms. The number of anilines is 1. The Balaban J connectivity index is 1.74. The van der Waals surface area contributed by atoms with Crippen LogP contribution in [0.15, 0.2) is 30.3 Å². The van der Waals surface area contributed by atoms with Gasteiger partial charge in [-0.05, 0) is 30.7 Å². The van der Waals surface area contributed by atoms with Crippen molar-refractivity contribution in [1.29, 1.82) is 0 Å². The number of nitrogens with one attached hydrogen (secondary N) is 3. The predicted molar refractivity (Wildman–Crippen MR) is 73.9 cm³/mol. The largest absolute Gasteiger partial charge is 0.365 e. The van der Waals surface area contributed by atoms with Gasteiger partial charge in [0.2, 0.25) is 0 Å². The van der Waals surface area contributed by atoms with E-state index >= 15 is 0 Å². The molecule has 18 heavy (non-hydrogen) atoms. The second-order valence-corrected chi connectivity index (χ2v) is 4.94. The Hall–Kier alpha value is -1.52. The molecule has 0 aliphatic carbocycles. The Labute approximate surface area is 111 Å². The monoisotopic (exact) mass is 262 g/mol. The molecular formula is C13H15ClN4. The van der Waals surface area contributed by atoms with Gasteiger partial charge >= 0.3 is 0 Å². The maximum Gasteiger partial charge on any atom is 0.148 e. The van der Waals surface area contributed by atoms with Gasteiger partial charge in [-0.2, -0.15) is 5.10 Å². The fourth-order valence-electron chi connectivity index (χ4n) is 2.16. The van der Waals surface area contributed by atoms with Gasteiger partial charge in [0, 0.05) is 23.7 Å². The number of aromatic nitrogens is 2. The Morgan fingerprint density at radius 1 is 1.28 bits per heavy atom. The minimum Gasteiger partial charge on any atom is -0.365 e. The molecule has 1 aromatic heterocycles. The highest BCUT2D eigenvalue weighted by Gasteiger charge is 2.15. The minimum atomic E-state index is 0.478. The molecule has 0 amide bonds. The smallest absolute Gasteiger partial charge is 0.148 e. The van der Waals surface area contributed by atoms with Gasteiger partial charge in [0.25, 0.3) is 0 Å². The van der Waals surface area contributed by atoms with Crippen LogP contribution >= 0.6 is 11.6 Å². The summed E-state index contributed by atoms with van der Waals surface area (Å²) in [7, 11) is 0. The minimum absolute atomic E-state index is 0.478. The van der Waals surface area contributed by atoms with Crippen LogP contribution in [-0.2, 0) is 0 Å². The van der Waals surface area contributed by atoms with Crippen LogP contribution in [0, 0.1) is 0 Å². The molecule has 1 aliphatic heterocycles. The fourth-order valence-corrected chi connectivity index (χ4v) is 2.29. The van der Waals surface area contributed by atoms with Crippen LogP contribution in [-0.4, -0.2) is 29.3 Å². The number of hydrogen-bond donors (Lipinski definition) is 3. The van der Waals surface area contributed by atoms with E-state index in [1.54, 1.807) is 0 Å². The number of benzene rings is 1. The quantitative estimate of drug-likeness (QED) is 0.797. The Bertz CT molecular complexity index is 514. The van der Waals surface area contributed by atoms with E-state index in [1.165, 1.54) is 0 Å². The van der Waals surface area contributed by atoms with Crippen molar-refractivity contribution in [2.45, 2.75) is 12.5 Å². The van der Waals surface area contributed by atoms with Crippen molar-refractivity contribution in [2.24, 2.45) is 0 Å². The van der Waals surface area contributed by atoms with Crippen molar-refractivity contribution < 1.29 is 0 Å². The third-order valence-electron chi connectivity index (χ3n) is 3.15. The van der Waals surface area contributed by atoms with E-state index < -0.39 is 0 Å². The SMILES string of the molecule is Clc1ccc(-c2cc(NC3CCNC3)n[nH]2)cc1. The Kier molecular flexibility index (Phi) is 3.21. The fraction of sp³-hybridized carbons (Fsp3) is 0.308. The summed E-state index contributed by atoms with van der Waals surface area (Å²) in [5.74, 6) is 0.897. The summed E-state index contributed by atoms with van der Waals surface area (Å²) in [5.41, 5.74) is 2.09.